The first-order valence-corrected chi connectivity index (χ1v) is 6.61. The Labute approximate surface area is 95.9 Å². The molecule has 1 heterocycles. The van der Waals surface area contributed by atoms with Crippen LogP contribution in [0.25, 0.3) is 0 Å². The fraction of sp³-hybridized carbons (Fsp3) is 0.455. The second-order valence-electron chi connectivity index (χ2n) is 3.99. The molecule has 4 nitrogen and oxygen atoms in total. The lowest BCUT2D eigenvalue weighted by Gasteiger charge is -2.15. The topological polar surface area (TPSA) is 46.6 Å². The lowest BCUT2D eigenvalue weighted by atomic mass is 10.2. The van der Waals surface area contributed by atoms with E-state index in [1.54, 1.807) is 6.07 Å². The average Bonchev–Trinajstić information content (AvgIpc) is 2.69. The molecule has 1 fully saturated rings. The quantitative estimate of drug-likeness (QED) is 0.783. The van der Waals surface area contributed by atoms with Crippen molar-refractivity contribution in [3.63, 3.8) is 0 Å². The molecule has 2 rings (SSSR count). The lowest BCUT2D eigenvalue weighted by Crippen LogP contribution is -2.29. The Morgan fingerprint density at radius 3 is 2.62 bits per heavy atom. The Morgan fingerprint density at radius 2 is 2.06 bits per heavy atom. The molecule has 0 radical (unpaired) electrons. The lowest BCUT2D eigenvalue weighted by molar-refractivity contribution is 0.172. The van der Waals surface area contributed by atoms with Crippen LogP contribution in [0.4, 0.5) is 0 Å². The minimum absolute atomic E-state index is 0.162. The second kappa shape index (κ2) is 4.16. The van der Waals surface area contributed by atoms with Crippen LogP contribution in [-0.4, -0.2) is 32.6 Å². The first-order chi connectivity index (χ1) is 7.51. The molecule has 0 aromatic heterocycles. The maximum absolute atomic E-state index is 12.2. The molecule has 0 saturated carbocycles. The molecule has 16 heavy (non-hydrogen) atoms. The second-order valence-corrected chi connectivity index (χ2v) is 5.89. The van der Waals surface area contributed by atoms with Crippen LogP contribution in [0.15, 0.2) is 23.1 Å². The van der Waals surface area contributed by atoms with Gasteiger partial charge in [0, 0.05) is 6.54 Å². The molecule has 1 aliphatic rings. The maximum atomic E-state index is 12.2. The van der Waals surface area contributed by atoms with Gasteiger partial charge in [-0.2, -0.15) is 4.31 Å². The minimum atomic E-state index is -3.38. The Balaban J connectivity index is 2.42. The summed E-state index contributed by atoms with van der Waals surface area (Å²) in [6.07, 6.45) is 0. The Morgan fingerprint density at radius 1 is 1.31 bits per heavy atom. The van der Waals surface area contributed by atoms with E-state index in [2.05, 4.69) is 0 Å². The summed E-state index contributed by atoms with van der Waals surface area (Å²) in [7, 11) is -3.38. The summed E-state index contributed by atoms with van der Waals surface area (Å²) in [6.45, 7) is 4.84. The van der Waals surface area contributed by atoms with Gasteiger partial charge in [0.1, 0.15) is 6.73 Å². The van der Waals surface area contributed by atoms with Gasteiger partial charge in [0.2, 0.25) is 10.0 Å². The van der Waals surface area contributed by atoms with E-state index in [4.69, 9.17) is 4.74 Å². The summed E-state index contributed by atoms with van der Waals surface area (Å²) in [6, 6.07) is 5.36. The van der Waals surface area contributed by atoms with E-state index in [0.717, 1.165) is 11.1 Å². The number of hydrogen-bond donors (Lipinski definition) is 0. The molecule has 1 aliphatic heterocycles. The highest BCUT2D eigenvalue weighted by Gasteiger charge is 2.28. The molecule has 88 valence electrons. The van der Waals surface area contributed by atoms with E-state index in [1.165, 1.54) is 4.31 Å². The van der Waals surface area contributed by atoms with Crippen molar-refractivity contribution in [2.24, 2.45) is 0 Å². The zero-order chi connectivity index (χ0) is 11.8. The van der Waals surface area contributed by atoms with E-state index in [9.17, 15) is 8.42 Å². The van der Waals surface area contributed by atoms with Crippen molar-refractivity contribution in [3.05, 3.63) is 29.3 Å². The molecule has 0 unspecified atom stereocenters. The van der Waals surface area contributed by atoms with Gasteiger partial charge in [-0.3, -0.25) is 0 Å². The molecule has 0 spiro atoms. The SMILES string of the molecule is Cc1ccc(S(=O)(=O)N2CCOC2)c(C)c1. The summed E-state index contributed by atoms with van der Waals surface area (Å²) in [5.74, 6) is 0. The largest absolute Gasteiger partial charge is 0.364 e. The number of sulfonamides is 1. The highest BCUT2D eigenvalue weighted by molar-refractivity contribution is 7.89. The van der Waals surface area contributed by atoms with Crippen molar-refractivity contribution in [2.45, 2.75) is 18.7 Å². The van der Waals surface area contributed by atoms with Gasteiger partial charge in [-0.15, -0.1) is 0 Å². The van der Waals surface area contributed by atoms with Gasteiger partial charge in [-0.05, 0) is 25.5 Å². The summed E-state index contributed by atoms with van der Waals surface area (Å²) in [5.41, 5.74) is 1.85. The Bertz CT molecular complexity index is 490. The number of benzene rings is 1. The van der Waals surface area contributed by atoms with Crippen LogP contribution in [0.1, 0.15) is 11.1 Å². The third-order valence-electron chi connectivity index (χ3n) is 2.67. The molecule has 0 bridgehead atoms. The normalized spacial score (nSPS) is 17.9. The van der Waals surface area contributed by atoms with Crippen LogP contribution in [-0.2, 0) is 14.8 Å². The van der Waals surface area contributed by atoms with Gasteiger partial charge in [0.05, 0.1) is 11.5 Å². The highest BCUT2D eigenvalue weighted by atomic mass is 32.2. The standard InChI is InChI=1S/C11H15NO3S/c1-9-3-4-11(10(2)7-9)16(13,14)12-5-6-15-8-12/h3-4,7H,5-6,8H2,1-2H3. The molecule has 1 aromatic rings. The fourth-order valence-corrected chi connectivity index (χ4v) is 3.33. The predicted octanol–water partition coefficient (Wildman–Crippen LogP) is 1.28. The Hall–Kier alpha value is -0.910. The van der Waals surface area contributed by atoms with Crippen LogP contribution < -0.4 is 0 Å². The molecule has 5 heteroatoms. The van der Waals surface area contributed by atoms with Crippen LogP contribution in [0, 0.1) is 13.8 Å². The third-order valence-corrected chi connectivity index (χ3v) is 4.65. The summed E-state index contributed by atoms with van der Waals surface area (Å²) in [4.78, 5) is 0.378. The van der Waals surface area contributed by atoms with Crippen molar-refractivity contribution >= 4 is 10.0 Å². The molecule has 0 aliphatic carbocycles. The zero-order valence-corrected chi connectivity index (χ0v) is 10.3. The number of nitrogens with zero attached hydrogens (tertiary/aromatic N) is 1. The first-order valence-electron chi connectivity index (χ1n) is 5.17. The van der Waals surface area contributed by atoms with Crippen molar-refractivity contribution < 1.29 is 13.2 Å². The van der Waals surface area contributed by atoms with E-state index in [-0.39, 0.29) is 6.73 Å². The highest BCUT2D eigenvalue weighted by Crippen LogP contribution is 2.22. The predicted molar refractivity (Wildman–Crippen MR) is 60.6 cm³/mol. The molecule has 1 saturated heterocycles. The van der Waals surface area contributed by atoms with Gasteiger partial charge in [0.25, 0.3) is 0 Å². The molecule has 0 amide bonds. The molecular formula is C11H15NO3S. The van der Waals surface area contributed by atoms with E-state index in [1.807, 2.05) is 26.0 Å². The van der Waals surface area contributed by atoms with Crippen molar-refractivity contribution in [1.29, 1.82) is 0 Å². The Kier molecular flexibility index (Phi) is 3.01. The average molecular weight is 241 g/mol. The smallest absolute Gasteiger partial charge is 0.245 e. The van der Waals surface area contributed by atoms with Crippen LogP contribution in [0.3, 0.4) is 0 Å². The van der Waals surface area contributed by atoms with Gasteiger partial charge < -0.3 is 4.74 Å². The van der Waals surface area contributed by atoms with Gasteiger partial charge in [0.15, 0.2) is 0 Å². The van der Waals surface area contributed by atoms with Crippen LogP contribution in [0.5, 0.6) is 0 Å². The minimum Gasteiger partial charge on any atom is -0.364 e. The van der Waals surface area contributed by atoms with Crippen molar-refractivity contribution in [3.8, 4) is 0 Å². The zero-order valence-electron chi connectivity index (χ0n) is 9.43. The van der Waals surface area contributed by atoms with Gasteiger partial charge >= 0.3 is 0 Å². The van der Waals surface area contributed by atoms with E-state index >= 15 is 0 Å². The molecule has 0 atom stereocenters. The molecule has 1 aromatic carbocycles. The van der Waals surface area contributed by atoms with Crippen LogP contribution >= 0.6 is 0 Å². The molecule has 0 N–H and O–H groups in total. The monoisotopic (exact) mass is 241 g/mol. The number of hydrogen-bond acceptors (Lipinski definition) is 3. The summed E-state index contributed by atoms with van der Waals surface area (Å²) >= 11 is 0. The maximum Gasteiger partial charge on any atom is 0.245 e. The number of ether oxygens (including phenoxy) is 1. The number of aryl methyl sites for hydroxylation is 2. The number of rotatable bonds is 2. The van der Waals surface area contributed by atoms with Gasteiger partial charge in [-0.1, -0.05) is 17.7 Å². The first kappa shape index (κ1) is 11.6. The summed E-state index contributed by atoms with van der Waals surface area (Å²) < 4.78 is 30.9. The fourth-order valence-electron chi connectivity index (χ4n) is 1.81. The molecular weight excluding hydrogens is 226 g/mol. The van der Waals surface area contributed by atoms with E-state index < -0.39 is 10.0 Å². The summed E-state index contributed by atoms with van der Waals surface area (Å²) in [5, 5.41) is 0. The van der Waals surface area contributed by atoms with Crippen molar-refractivity contribution in [1.82, 2.24) is 4.31 Å². The van der Waals surface area contributed by atoms with Crippen LogP contribution in [0.2, 0.25) is 0 Å². The third kappa shape index (κ3) is 1.98. The van der Waals surface area contributed by atoms with Gasteiger partial charge in [-0.25, -0.2) is 8.42 Å². The van der Waals surface area contributed by atoms with E-state index in [0.29, 0.717) is 18.0 Å². The van der Waals surface area contributed by atoms with Crippen molar-refractivity contribution in [2.75, 3.05) is 19.9 Å².